The summed E-state index contributed by atoms with van der Waals surface area (Å²) in [5.74, 6) is 0.00329. The van der Waals surface area contributed by atoms with Crippen molar-refractivity contribution in [3.05, 3.63) is 81.6 Å². The monoisotopic (exact) mass is 523 g/mol. The van der Waals surface area contributed by atoms with Gasteiger partial charge in [-0.1, -0.05) is 65.1 Å². The molecule has 0 aliphatic carbocycles. The number of rotatable bonds is 9. The normalized spacial score (nSPS) is 10.7. The van der Waals surface area contributed by atoms with Crippen molar-refractivity contribution in [1.82, 2.24) is 14.8 Å². The summed E-state index contributed by atoms with van der Waals surface area (Å²) in [7, 11) is 0. The minimum atomic E-state index is -0.363. The van der Waals surface area contributed by atoms with Gasteiger partial charge in [0.2, 0.25) is 11.8 Å². The van der Waals surface area contributed by atoms with Crippen LogP contribution in [-0.4, -0.2) is 32.3 Å². The molecule has 8 nitrogen and oxygen atoms in total. The third-order valence-corrected chi connectivity index (χ3v) is 7.00. The van der Waals surface area contributed by atoms with Crippen molar-refractivity contribution in [2.24, 2.45) is 0 Å². The summed E-state index contributed by atoms with van der Waals surface area (Å²) in [6, 6.07) is 16.8. The zero-order valence-electron chi connectivity index (χ0n) is 18.7. The summed E-state index contributed by atoms with van der Waals surface area (Å²) in [4.78, 5) is 26.0. The van der Waals surface area contributed by atoms with Gasteiger partial charge in [0.25, 0.3) is 11.1 Å². The van der Waals surface area contributed by atoms with Crippen molar-refractivity contribution in [3.63, 3.8) is 0 Å². The Kier molecular flexibility index (Phi) is 7.91. The second-order valence-corrected chi connectivity index (χ2v) is 9.91. The highest BCUT2D eigenvalue weighted by Crippen LogP contribution is 2.28. The molecule has 11 heteroatoms. The van der Waals surface area contributed by atoms with Crippen LogP contribution in [0.15, 0.2) is 76.9 Å². The second kappa shape index (κ2) is 11.3. The molecule has 2 heterocycles. The molecule has 0 atom stereocenters. The van der Waals surface area contributed by atoms with E-state index in [-0.39, 0.29) is 22.8 Å². The van der Waals surface area contributed by atoms with E-state index in [2.05, 4.69) is 27.4 Å². The Morgan fingerprint density at radius 1 is 1.14 bits per heavy atom. The molecule has 0 fully saturated rings. The first-order chi connectivity index (χ1) is 16.9. The Morgan fingerprint density at radius 2 is 1.89 bits per heavy atom. The van der Waals surface area contributed by atoms with Crippen LogP contribution in [0, 0.1) is 10.9 Å². The predicted molar refractivity (Wildman–Crippen MR) is 142 cm³/mol. The number of benzene rings is 2. The van der Waals surface area contributed by atoms with Gasteiger partial charge in [-0.25, -0.2) is 0 Å². The van der Waals surface area contributed by atoms with Crippen molar-refractivity contribution < 1.29 is 14.0 Å². The molecule has 4 aromatic rings. The molecule has 0 saturated heterocycles. The molecule has 2 aromatic carbocycles. The summed E-state index contributed by atoms with van der Waals surface area (Å²) in [6.07, 6.45) is 1.65. The SMILES string of the molecule is C=CCn1c(NC(=O)CSc2nnc(-c3ccc(C)cc3)o2)c(C(=O)Nc2ccccc2)sc1=S. The first-order valence-corrected chi connectivity index (χ1v) is 12.7. The molecule has 2 amide bonds. The lowest BCUT2D eigenvalue weighted by molar-refractivity contribution is -0.113. The number of nitrogens with zero attached hydrogens (tertiary/aromatic N) is 3. The van der Waals surface area contributed by atoms with Crippen LogP contribution in [0.2, 0.25) is 0 Å². The van der Waals surface area contributed by atoms with E-state index in [0.717, 1.165) is 34.2 Å². The number of hydrogen-bond acceptors (Lipinski definition) is 8. The van der Waals surface area contributed by atoms with E-state index in [0.29, 0.717) is 32.8 Å². The standard InChI is InChI=1S/C24H21N5O3S3/c1-3-13-29-20(19(35-24(29)33)21(31)25-17-7-5-4-6-8-17)26-18(30)14-34-23-28-27-22(32-23)16-11-9-15(2)10-12-16/h3-12H,1,13-14H2,2H3,(H,25,31)(H,26,30). The number of amides is 2. The number of aryl methyl sites for hydroxylation is 1. The number of thioether (sulfide) groups is 1. The molecule has 2 aromatic heterocycles. The van der Waals surface area contributed by atoms with E-state index < -0.39 is 0 Å². The largest absolute Gasteiger partial charge is 0.411 e. The molecule has 0 aliphatic heterocycles. The number of carbonyl (C=O) groups is 2. The third kappa shape index (κ3) is 6.13. The lowest BCUT2D eigenvalue weighted by Crippen LogP contribution is -2.20. The first kappa shape index (κ1) is 24.6. The van der Waals surface area contributed by atoms with E-state index in [1.165, 1.54) is 0 Å². The van der Waals surface area contributed by atoms with Crippen molar-refractivity contribution >= 4 is 58.6 Å². The molecule has 0 bridgehead atoms. The molecule has 0 aliphatic rings. The number of allylic oxidation sites excluding steroid dienone is 1. The number of aromatic nitrogens is 3. The minimum Gasteiger partial charge on any atom is -0.411 e. The zero-order valence-corrected chi connectivity index (χ0v) is 21.1. The van der Waals surface area contributed by atoms with E-state index in [9.17, 15) is 9.59 Å². The van der Waals surface area contributed by atoms with Gasteiger partial charge >= 0.3 is 0 Å². The Bertz CT molecular complexity index is 1410. The predicted octanol–water partition coefficient (Wildman–Crippen LogP) is 5.81. The molecular formula is C24H21N5O3S3. The van der Waals surface area contributed by atoms with Crippen molar-refractivity contribution in [1.29, 1.82) is 0 Å². The van der Waals surface area contributed by atoms with Crippen LogP contribution in [0.3, 0.4) is 0 Å². The Labute approximate surface area is 215 Å². The Morgan fingerprint density at radius 3 is 2.60 bits per heavy atom. The molecule has 2 N–H and O–H groups in total. The van der Waals surface area contributed by atoms with Crippen LogP contribution >= 0.6 is 35.3 Å². The third-order valence-electron chi connectivity index (χ3n) is 4.73. The fraction of sp³-hybridized carbons (Fsp3) is 0.125. The van der Waals surface area contributed by atoms with Crippen LogP contribution in [0.4, 0.5) is 11.5 Å². The molecule has 0 saturated carbocycles. The van der Waals surface area contributed by atoms with Crippen LogP contribution < -0.4 is 10.6 Å². The van der Waals surface area contributed by atoms with Crippen LogP contribution in [0.25, 0.3) is 11.5 Å². The quantitative estimate of drug-likeness (QED) is 0.162. The lowest BCUT2D eigenvalue weighted by atomic mass is 10.1. The van der Waals surface area contributed by atoms with Gasteiger partial charge in [0.05, 0.1) is 5.75 Å². The average molecular weight is 524 g/mol. The van der Waals surface area contributed by atoms with E-state index in [1.807, 2.05) is 49.4 Å². The number of hydrogen-bond donors (Lipinski definition) is 2. The summed E-state index contributed by atoms with van der Waals surface area (Å²) in [6.45, 7) is 6.08. The molecule has 0 radical (unpaired) electrons. The second-order valence-electron chi connectivity index (χ2n) is 7.34. The van der Waals surface area contributed by atoms with Gasteiger partial charge in [-0.05, 0) is 43.4 Å². The molecular weight excluding hydrogens is 502 g/mol. The number of nitrogens with one attached hydrogen (secondary N) is 2. The van der Waals surface area contributed by atoms with E-state index in [1.54, 1.807) is 22.8 Å². The summed E-state index contributed by atoms with van der Waals surface area (Å²) < 4.78 is 7.78. The fourth-order valence-corrected chi connectivity index (χ4v) is 4.89. The number of para-hydroxylation sites is 1. The van der Waals surface area contributed by atoms with Crippen molar-refractivity contribution in [3.8, 4) is 11.5 Å². The van der Waals surface area contributed by atoms with Crippen molar-refractivity contribution in [2.75, 3.05) is 16.4 Å². The molecule has 0 spiro atoms. The van der Waals surface area contributed by atoms with Gasteiger partial charge in [-0.15, -0.1) is 16.8 Å². The fourth-order valence-electron chi connectivity index (χ4n) is 3.06. The zero-order chi connectivity index (χ0) is 24.8. The Hall–Kier alpha value is -3.54. The summed E-state index contributed by atoms with van der Waals surface area (Å²) in [5.41, 5.74) is 2.57. The summed E-state index contributed by atoms with van der Waals surface area (Å²) >= 11 is 7.65. The number of carbonyl (C=O) groups excluding carboxylic acids is 2. The van der Waals surface area contributed by atoms with Gasteiger partial charge in [0.1, 0.15) is 10.7 Å². The highest BCUT2D eigenvalue weighted by Gasteiger charge is 2.21. The van der Waals surface area contributed by atoms with Gasteiger partial charge in [-0.3, -0.25) is 9.59 Å². The maximum absolute atomic E-state index is 12.9. The maximum atomic E-state index is 12.9. The van der Waals surface area contributed by atoms with Crippen LogP contribution in [-0.2, 0) is 11.3 Å². The van der Waals surface area contributed by atoms with Crippen LogP contribution in [0.5, 0.6) is 0 Å². The minimum absolute atomic E-state index is 0.00593. The highest BCUT2D eigenvalue weighted by atomic mass is 32.2. The van der Waals surface area contributed by atoms with Crippen molar-refractivity contribution in [2.45, 2.75) is 18.7 Å². The van der Waals surface area contributed by atoms with Crippen LogP contribution in [0.1, 0.15) is 15.2 Å². The first-order valence-electron chi connectivity index (χ1n) is 10.5. The average Bonchev–Trinajstić information content (AvgIpc) is 3.45. The summed E-state index contributed by atoms with van der Waals surface area (Å²) in [5, 5.41) is 14.0. The van der Waals surface area contributed by atoms with E-state index in [4.69, 9.17) is 16.6 Å². The van der Waals surface area contributed by atoms with Gasteiger partial charge in [0, 0.05) is 17.8 Å². The van der Waals surface area contributed by atoms with Gasteiger partial charge in [0.15, 0.2) is 3.95 Å². The van der Waals surface area contributed by atoms with Gasteiger partial charge in [-0.2, -0.15) is 0 Å². The molecule has 35 heavy (non-hydrogen) atoms. The van der Waals surface area contributed by atoms with E-state index >= 15 is 0 Å². The lowest BCUT2D eigenvalue weighted by Gasteiger charge is -2.10. The number of anilines is 2. The van der Waals surface area contributed by atoms with Gasteiger partial charge < -0.3 is 19.6 Å². The highest BCUT2D eigenvalue weighted by molar-refractivity contribution is 7.99. The topological polar surface area (TPSA) is 102 Å². The molecule has 178 valence electrons. The molecule has 4 rings (SSSR count). The smallest absolute Gasteiger partial charge is 0.277 e. The molecule has 0 unspecified atom stereocenters. The Balaban J connectivity index is 1.46. The maximum Gasteiger partial charge on any atom is 0.277 e. The number of thiazole rings is 1.